The first-order valence-corrected chi connectivity index (χ1v) is 4.55. The molecule has 14 heavy (non-hydrogen) atoms. The van der Waals surface area contributed by atoms with Gasteiger partial charge in [-0.15, -0.1) is 0 Å². The van der Waals surface area contributed by atoms with Crippen LogP contribution in [0.1, 0.15) is 23.6 Å². The number of esters is 1. The lowest BCUT2D eigenvalue weighted by atomic mass is 10.1. The Labute approximate surface area is 85.9 Å². The minimum Gasteiger partial charge on any atom is -0.469 e. The van der Waals surface area contributed by atoms with Crippen molar-refractivity contribution in [3.05, 3.63) is 34.9 Å². The van der Waals surface area contributed by atoms with Crippen molar-refractivity contribution in [3.8, 4) is 0 Å². The average molecular weight is 194 g/mol. The number of methoxy groups -OCH3 is 1. The van der Waals surface area contributed by atoms with Crippen LogP contribution in [0, 0.1) is 20.8 Å². The molecule has 0 aliphatic heterocycles. The lowest BCUT2D eigenvalue weighted by Gasteiger charge is -1.98. The van der Waals surface area contributed by atoms with Crippen molar-refractivity contribution >= 4 is 5.97 Å². The van der Waals surface area contributed by atoms with Crippen LogP contribution in [-0.4, -0.2) is 13.1 Å². The first kappa shape index (κ1) is 12.7. The maximum atomic E-state index is 9.59. The molecule has 0 atom stereocenters. The number of hydrogen-bond acceptors (Lipinski definition) is 2. The van der Waals surface area contributed by atoms with Gasteiger partial charge in [-0.1, -0.05) is 23.8 Å². The fourth-order valence-electron chi connectivity index (χ4n) is 0.891. The Morgan fingerprint density at radius 2 is 1.64 bits per heavy atom. The number of carbonyl (C=O) groups is 1. The number of ether oxygens (including phenoxy) is 1. The van der Waals surface area contributed by atoms with E-state index >= 15 is 0 Å². The normalized spacial score (nSPS) is 8.64. The van der Waals surface area contributed by atoms with Gasteiger partial charge >= 0.3 is 5.97 Å². The molecule has 0 aliphatic rings. The molecule has 0 aliphatic carbocycles. The lowest BCUT2D eigenvalue weighted by Crippen LogP contribution is -1.88. The summed E-state index contributed by atoms with van der Waals surface area (Å²) in [6, 6.07) is 6.50. The highest BCUT2D eigenvalue weighted by Gasteiger charge is 1.89. The second-order valence-electron chi connectivity index (χ2n) is 3.28. The fourth-order valence-corrected chi connectivity index (χ4v) is 0.891. The van der Waals surface area contributed by atoms with Crippen molar-refractivity contribution in [2.24, 2.45) is 0 Å². The van der Waals surface area contributed by atoms with Gasteiger partial charge in [0.15, 0.2) is 0 Å². The van der Waals surface area contributed by atoms with E-state index in [9.17, 15) is 4.79 Å². The number of benzene rings is 1. The second kappa shape index (κ2) is 6.19. The average Bonchev–Trinajstić information content (AvgIpc) is 2.13. The second-order valence-corrected chi connectivity index (χ2v) is 3.28. The van der Waals surface area contributed by atoms with E-state index in [0.717, 1.165) is 0 Å². The van der Waals surface area contributed by atoms with E-state index in [-0.39, 0.29) is 5.97 Å². The Morgan fingerprint density at radius 1 is 1.14 bits per heavy atom. The zero-order chi connectivity index (χ0) is 11.1. The van der Waals surface area contributed by atoms with E-state index in [0.29, 0.717) is 0 Å². The molecular weight excluding hydrogens is 176 g/mol. The molecule has 2 heteroatoms. The van der Waals surface area contributed by atoms with Crippen molar-refractivity contribution in [1.29, 1.82) is 0 Å². The van der Waals surface area contributed by atoms with Crippen molar-refractivity contribution in [3.63, 3.8) is 0 Å². The predicted octanol–water partition coefficient (Wildman–Crippen LogP) is 2.79. The monoisotopic (exact) mass is 194 g/mol. The SMILES string of the molecule is COC(C)=O.Cc1ccc(C)c(C)c1. The number of carbonyl (C=O) groups excluding carboxylic acids is 1. The Balaban J connectivity index is 0.000000292. The lowest BCUT2D eigenvalue weighted by molar-refractivity contribution is -0.137. The first-order chi connectivity index (χ1) is 6.47. The van der Waals surface area contributed by atoms with Crippen LogP contribution < -0.4 is 0 Å². The fraction of sp³-hybridized carbons (Fsp3) is 0.417. The van der Waals surface area contributed by atoms with Gasteiger partial charge in [-0.05, 0) is 31.9 Å². The van der Waals surface area contributed by atoms with Crippen LogP contribution in [-0.2, 0) is 9.53 Å². The van der Waals surface area contributed by atoms with Gasteiger partial charge in [0, 0.05) is 6.92 Å². The molecule has 0 bridgehead atoms. The summed E-state index contributed by atoms with van der Waals surface area (Å²) in [5.74, 6) is -0.245. The topological polar surface area (TPSA) is 26.3 Å². The van der Waals surface area contributed by atoms with Crippen LogP contribution in [0.25, 0.3) is 0 Å². The maximum Gasteiger partial charge on any atom is 0.302 e. The molecule has 0 radical (unpaired) electrons. The molecule has 78 valence electrons. The highest BCUT2D eigenvalue weighted by molar-refractivity contribution is 5.65. The minimum atomic E-state index is -0.245. The number of aryl methyl sites for hydroxylation is 3. The summed E-state index contributed by atoms with van der Waals surface area (Å²) in [5.41, 5.74) is 4.11. The van der Waals surface area contributed by atoms with Gasteiger partial charge in [0.2, 0.25) is 0 Å². The zero-order valence-corrected chi connectivity index (χ0v) is 9.55. The van der Waals surface area contributed by atoms with Gasteiger partial charge in [0.1, 0.15) is 0 Å². The molecule has 0 heterocycles. The summed E-state index contributed by atoms with van der Waals surface area (Å²) in [7, 11) is 1.35. The number of hydrogen-bond donors (Lipinski definition) is 0. The molecule has 1 aromatic rings. The van der Waals surface area contributed by atoms with Gasteiger partial charge in [-0.25, -0.2) is 0 Å². The third-order valence-corrected chi connectivity index (χ3v) is 1.95. The van der Waals surface area contributed by atoms with Crippen LogP contribution in [0.4, 0.5) is 0 Å². The predicted molar refractivity (Wildman–Crippen MR) is 58.3 cm³/mol. The summed E-state index contributed by atoms with van der Waals surface area (Å²) in [4.78, 5) is 9.59. The van der Waals surface area contributed by atoms with Crippen molar-refractivity contribution < 1.29 is 9.53 Å². The summed E-state index contributed by atoms with van der Waals surface area (Å²) in [5, 5.41) is 0. The summed E-state index contributed by atoms with van der Waals surface area (Å²) < 4.78 is 4.11. The van der Waals surface area contributed by atoms with Crippen molar-refractivity contribution in [2.75, 3.05) is 7.11 Å². The Morgan fingerprint density at radius 3 is 1.93 bits per heavy atom. The van der Waals surface area contributed by atoms with Gasteiger partial charge in [0.05, 0.1) is 7.11 Å². The minimum absolute atomic E-state index is 0.245. The van der Waals surface area contributed by atoms with E-state index in [1.807, 2.05) is 0 Å². The Hall–Kier alpha value is -1.31. The summed E-state index contributed by atoms with van der Waals surface area (Å²) >= 11 is 0. The molecular formula is C12H18O2. The van der Waals surface area contributed by atoms with Crippen LogP contribution in [0.15, 0.2) is 18.2 Å². The standard InChI is InChI=1S/C9H12.C3H6O2/c1-7-4-5-8(2)9(3)6-7;1-3(4)5-2/h4-6H,1-3H3;1-2H3. The molecule has 0 saturated heterocycles. The van der Waals surface area contributed by atoms with Gasteiger partial charge in [-0.2, -0.15) is 0 Å². The van der Waals surface area contributed by atoms with Gasteiger partial charge in [-0.3, -0.25) is 4.79 Å². The Kier molecular flexibility index (Phi) is 5.61. The molecule has 0 unspecified atom stereocenters. The van der Waals surface area contributed by atoms with E-state index < -0.39 is 0 Å². The number of rotatable bonds is 0. The molecule has 2 nitrogen and oxygen atoms in total. The van der Waals surface area contributed by atoms with E-state index in [1.54, 1.807) is 0 Å². The molecule has 0 amide bonds. The quantitative estimate of drug-likeness (QED) is 0.594. The summed E-state index contributed by atoms with van der Waals surface area (Å²) in [6.45, 7) is 7.75. The van der Waals surface area contributed by atoms with Crippen LogP contribution in [0.5, 0.6) is 0 Å². The molecule has 0 N–H and O–H groups in total. The zero-order valence-electron chi connectivity index (χ0n) is 9.55. The van der Waals surface area contributed by atoms with E-state index in [4.69, 9.17) is 0 Å². The Bertz CT molecular complexity index is 303. The van der Waals surface area contributed by atoms with E-state index in [1.165, 1.54) is 30.7 Å². The van der Waals surface area contributed by atoms with Gasteiger partial charge in [0.25, 0.3) is 0 Å². The maximum absolute atomic E-state index is 9.59. The molecule has 0 fully saturated rings. The highest BCUT2D eigenvalue weighted by atomic mass is 16.5. The van der Waals surface area contributed by atoms with E-state index in [2.05, 4.69) is 43.7 Å². The smallest absolute Gasteiger partial charge is 0.302 e. The largest absolute Gasteiger partial charge is 0.469 e. The molecule has 1 aromatic carbocycles. The van der Waals surface area contributed by atoms with Gasteiger partial charge < -0.3 is 4.74 Å². The third-order valence-electron chi connectivity index (χ3n) is 1.95. The molecule has 0 spiro atoms. The first-order valence-electron chi connectivity index (χ1n) is 4.55. The molecule has 1 rings (SSSR count). The van der Waals surface area contributed by atoms with Crippen molar-refractivity contribution in [1.82, 2.24) is 0 Å². The van der Waals surface area contributed by atoms with Crippen LogP contribution in [0.2, 0.25) is 0 Å². The van der Waals surface area contributed by atoms with Crippen LogP contribution in [0.3, 0.4) is 0 Å². The molecule has 0 saturated carbocycles. The summed E-state index contributed by atoms with van der Waals surface area (Å²) in [6.07, 6.45) is 0. The molecule has 0 aromatic heterocycles. The van der Waals surface area contributed by atoms with Crippen LogP contribution >= 0.6 is 0 Å². The highest BCUT2D eigenvalue weighted by Crippen LogP contribution is 2.07. The third kappa shape index (κ3) is 5.36. The van der Waals surface area contributed by atoms with Crippen molar-refractivity contribution in [2.45, 2.75) is 27.7 Å².